The van der Waals surface area contributed by atoms with Gasteiger partial charge in [-0.25, -0.2) is 9.97 Å². The molecule has 5 nitrogen and oxygen atoms in total. The average molecular weight is 207 g/mol. The lowest BCUT2D eigenvalue weighted by Crippen LogP contribution is -2.18. The monoisotopic (exact) mass is 207 g/mol. The van der Waals surface area contributed by atoms with Crippen LogP contribution in [0.4, 0.5) is 5.82 Å². The summed E-state index contributed by atoms with van der Waals surface area (Å²) in [7, 11) is 0. The molecule has 0 unspecified atom stereocenters. The maximum atomic E-state index is 10.7. The van der Waals surface area contributed by atoms with E-state index in [2.05, 4.69) is 15.3 Å². The summed E-state index contributed by atoms with van der Waals surface area (Å²) in [5, 5.41) is 12.1. The minimum absolute atomic E-state index is 0.204. The molecule has 0 bridgehead atoms. The minimum atomic E-state index is -0.693. The molecular formula is C10H13N3O2. The molecule has 0 radical (unpaired) electrons. The summed E-state index contributed by atoms with van der Waals surface area (Å²) in [6.07, 6.45) is 5.46. The van der Waals surface area contributed by atoms with Crippen molar-refractivity contribution in [1.82, 2.24) is 9.97 Å². The number of anilines is 1. The van der Waals surface area contributed by atoms with Gasteiger partial charge in [0.25, 0.3) is 0 Å². The van der Waals surface area contributed by atoms with Crippen LogP contribution >= 0.6 is 0 Å². The normalized spacial score (nSPS) is 25.1. The number of nitrogens with zero attached hydrogens (tertiary/aromatic N) is 2. The van der Waals surface area contributed by atoms with Crippen LogP contribution in [0.1, 0.15) is 19.3 Å². The molecule has 1 aliphatic rings. The number of hydrogen-bond acceptors (Lipinski definition) is 4. The Kier molecular flexibility index (Phi) is 2.80. The van der Waals surface area contributed by atoms with Crippen molar-refractivity contribution in [3.05, 3.63) is 18.6 Å². The maximum absolute atomic E-state index is 10.7. The molecule has 1 aromatic rings. The number of carbonyl (C=O) groups is 1. The van der Waals surface area contributed by atoms with Crippen LogP contribution in [0.15, 0.2) is 18.6 Å². The van der Waals surface area contributed by atoms with Crippen molar-refractivity contribution in [1.29, 1.82) is 0 Å². The lowest BCUT2D eigenvalue weighted by Gasteiger charge is -2.12. The summed E-state index contributed by atoms with van der Waals surface area (Å²) in [6, 6.07) is 2.01. The van der Waals surface area contributed by atoms with E-state index in [1.54, 1.807) is 12.3 Å². The lowest BCUT2D eigenvalue weighted by molar-refractivity contribution is -0.141. The molecular weight excluding hydrogens is 194 g/mol. The highest BCUT2D eigenvalue weighted by atomic mass is 16.4. The van der Waals surface area contributed by atoms with E-state index in [9.17, 15) is 4.79 Å². The van der Waals surface area contributed by atoms with Gasteiger partial charge in [-0.05, 0) is 25.3 Å². The highest BCUT2D eigenvalue weighted by Gasteiger charge is 2.29. The smallest absolute Gasteiger partial charge is 0.306 e. The standard InChI is InChI=1S/C10H13N3O2/c14-10(15)7-1-2-8(5-7)13-9-3-4-11-6-12-9/h3-4,6-8H,1-2,5H2,(H,14,15)(H,11,12,13)/t7-,8+/m1/s1. The molecule has 5 heteroatoms. The van der Waals surface area contributed by atoms with Crippen molar-refractivity contribution in [2.45, 2.75) is 25.3 Å². The van der Waals surface area contributed by atoms with Gasteiger partial charge in [-0.15, -0.1) is 0 Å². The molecule has 1 saturated carbocycles. The first kappa shape index (κ1) is 9.89. The fourth-order valence-electron chi connectivity index (χ4n) is 1.92. The largest absolute Gasteiger partial charge is 0.481 e. The highest BCUT2D eigenvalue weighted by molar-refractivity contribution is 5.70. The van der Waals surface area contributed by atoms with Crippen LogP contribution in [-0.2, 0) is 4.79 Å². The van der Waals surface area contributed by atoms with Gasteiger partial charge in [0.15, 0.2) is 0 Å². The van der Waals surface area contributed by atoms with E-state index < -0.39 is 5.97 Å². The van der Waals surface area contributed by atoms with Crippen molar-refractivity contribution in [2.24, 2.45) is 5.92 Å². The number of nitrogens with one attached hydrogen (secondary N) is 1. The van der Waals surface area contributed by atoms with Crippen LogP contribution in [-0.4, -0.2) is 27.1 Å². The van der Waals surface area contributed by atoms with Gasteiger partial charge in [0, 0.05) is 12.2 Å². The molecule has 2 atom stereocenters. The molecule has 1 aromatic heterocycles. The molecule has 1 fully saturated rings. The summed E-state index contributed by atoms with van der Waals surface area (Å²) in [5.74, 6) is -0.132. The third-order valence-electron chi connectivity index (χ3n) is 2.72. The van der Waals surface area contributed by atoms with E-state index in [4.69, 9.17) is 5.11 Å². The summed E-state index contributed by atoms with van der Waals surface area (Å²) in [6.45, 7) is 0. The average Bonchev–Trinajstić information content (AvgIpc) is 2.68. The van der Waals surface area contributed by atoms with Crippen LogP contribution in [0.25, 0.3) is 0 Å². The molecule has 0 amide bonds. The second kappa shape index (κ2) is 4.25. The Labute approximate surface area is 87.6 Å². The molecule has 1 heterocycles. The van der Waals surface area contributed by atoms with Crippen molar-refractivity contribution in [2.75, 3.05) is 5.32 Å². The summed E-state index contributed by atoms with van der Waals surface area (Å²) < 4.78 is 0. The van der Waals surface area contributed by atoms with Crippen LogP contribution in [0.3, 0.4) is 0 Å². The molecule has 0 aliphatic heterocycles. The summed E-state index contributed by atoms with van der Waals surface area (Å²) in [5.41, 5.74) is 0. The predicted octanol–water partition coefficient (Wildman–Crippen LogP) is 1.14. The molecule has 0 spiro atoms. The Bertz CT molecular complexity index is 342. The van der Waals surface area contributed by atoms with E-state index in [1.807, 2.05) is 0 Å². The summed E-state index contributed by atoms with van der Waals surface area (Å²) >= 11 is 0. The number of carboxylic acid groups (broad SMARTS) is 1. The van der Waals surface area contributed by atoms with Gasteiger partial charge >= 0.3 is 5.97 Å². The number of carboxylic acids is 1. The second-order valence-electron chi connectivity index (χ2n) is 3.78. The fraction of sp³-hybridized carbons (Fsp3) is 0.500. The zero-order valence-corrected chi connectivity index (χ0v) is 8.26. The number of hydrogen-bond donors (Lipinski definition) is 2. The molecule has 0 aromatic carbocycles. The molecule has 2 rings (SSSR count). The van der Waals surface area contributed by atoms with Crippen LogP contribution in [0.2, 0.25) is 0 Å². The van der Waals surface area contributed by atoms with Gasteiger partial charge < -0.3 is 10.4 Å². The van der Waals surface area contributed by atoms with Gasteiger partial charge in [0.1, 0.15) is 12.1 Å². The van der Waals surface area contributed by atoms with Crippen molar-refractivity contribution < 1.29 is 9.90 Å². The lowest BCUT2D eigenvalue weighted by atomic mass is 10.1. The Morgan fingerprint density at radius 2 is 2.40 bits per heavy atom. The Balaban J connectivity index is 1.90. The van der Waals surface area contributed by atoms with Crippen LogP contribution < -0.4 is 5.32 Å². The fourth-order valence-corrected chi connectivity index (χ4v) is 1.92. The third-order valence-corrected chi connectivity index (χ3v) is 2.72. The highest BCUT2D eigenvalue weighted by Crippen LogP contribution is 2.27. The topological polar surface area (TPSA) is 75.1 Å². The van der Waals surface area contributed by atoms with Crippen molar-refractivity contribution in [3.63, 3.8) is 0 Å². The molecule has 1 aliphatic carbocycles. The van der Waals surface area contributed by atoms with Crippen LogP contribution in [0, 0.1) is 5.92 Å². The Morgan fingerprint density at radius 1 is 1.53 bits per heavy atom. The van der Waals surface area contributed by atoms with Crippen molar-refractivity contribution in [3.8, 4) is 0 Å². The van der Waals surface area contributed by atoms with E-state index in [-0.39, 0.29) is 12.0 Å². The maximum Gasteiger partial charge on any atom is 0.306 e. The van der Waals surface area contributed by atoms with Gasteiger partial charge in [-0.1, -0.05) is 0 Å². The van der Waals surface area contributed by atoms with Gasteiger partial charge in [-0.2, -0.15) is 0 Å². The van der Waals surface area contributed by atoms with Crippen LogP contribution in [0.5, 0.6) is 0 Å². The minimum Gasteiger partial charge on any atom is -0.481 e. The number of rotatable bonds is 3. The van der Waals surface area contributed by atoms with Gasteiger partial charge in [0.05, 0.1) is 5.92 Å². The predicted molar refractivity (Wildman–Crippen MR) is 54.4 cm³/mol. The SMILES string of the molecule is O=C(O)[C@@H]1CC[C@H](Nc2ccncn2)C1. The first-order chi connectivity index (χ1) is 7.25. The quantitative estimate of drug-likeness (QED) is 0.777. The molecule has 0 saturated heterocycles. The first-order valence-corrected chi connectivity index (χ1v) is 5.01. The van der Waals surface area contributed by atoms with Gasteiger partial charge in [-0.3, -0.25) is 4.79 Å². The number of aromatic nitrogens is 2. The van der Waals surface area contributed by atoms with E-state index in [0.717, 1.165) is 18.7 Å². The van der Waals surface area contributed by atoms with E-state index >= 15 is 0 Å². The number of aliphatic carboxylic acids is 1. The van der Waals surface area contributed by atoms with Crippen molar-refractivity contribution >= 4 is 11.8 Å². The van der Waals surface area contributed by atoms with Gasteiger partial charge in [0.2, 0.25) is 0 Å². The summed E-state index contributed by atoms with van der Waals surface area (Å²) in [4.78, 5) is 18.6. The van der Waals surface area contributed by atoms with E-state index in [1.165, 1.54) is 6.33 Å². The molecule has 2 N–H and O–H groups in total. The molecule has 15 heavy (non-hydrogen) atoms. The zero-order chi connectivity index (χ0) is 10.7. The Hall–Kier alpha value is -1.65. The second-order valence-corrected chi connectivity index (χ2v) is 3.78. The molecule has 80 valence electrons. The third kappa shape index (κ3) is 2.43. The zero-order valence-electron chi connectivity index (χ0n) is 8.26. The first-order valence-electron chi connectivity index (χ1n) is 5.01. The Morgan fingerprint density at radius 3 is 3.00 bits per heavy atom. The van der Waals surface area contributed by atoms with E-state index in [0.29, 0.717) is 6.42 Å².